The second-order valence-corrected chi connectivity index (χ2v) is 12.1. The molecule has 12 nitrogen and oxygen atoms in total. The molecule has 2 atom stereocenters. The first-order valence-corrected chi connectivity index (χ1v) is 14.4. The summed E-state index contributed by atoms with van der Waals surface area (Å²) in [6, 6.07) is 6.30. The first-order valence-electron chi connectivity index (χ1n) is 14.4. The molecule has 0 N–H and O–H groups in total. The van der Waals surface area contributed by atoms with Crippen LogP contribution in [-0.2, 0) is 16.5 Å². The lowest BCUT2D eigenvalue weighted by Gasteiger charge is -2.55. The second-order valence-electron chi connectivity index (χ2n) is 12.1. The van der Waals surface area contributed by atoms with E-state index in [2.05, 4.69) is 32.5 Å². The van der Waals surface area contributed by atoms with Gasteiger partial charge >= 0.3 is 0 Å². The highest BCUT2D eigenvalue weighted by Gasteiger charge is 2.50. The van der Waals surface area contributed by atoms with Crippen molar-refractivity contribution in [1.29, 1.82) is 0 Å². The Bertz CT molecular complexity index is 1890. The number of hydrogen-bond acceptors (Lipinski definition) is 10. The van der Waals surface area contributed by atoms with E-state index in [9.17, 15) is 0 Å². The number of nitrogens with zero attached hydrogens (tertiary/aromatic N) is 9. The van der Waals surface area contributed by atoms with Crippen LogP contribution in [0.15, 0.2) is 36.8 Å². The highest BCUT2D eigenvalue weighted by atomic mass is 16.5. The molecule has 0 aliphatic carbocycles. The molecule has 5 aromatic heterocycles. The Hall–Kier alpha value is -4.29. The Labute approximate surface area is 241 Å². The standard InChI is InChI=1S/C30H31N9O3/c1-17-20-10-32-39(23(20)7-22(33-17)21-9-31-5-4-25(21)40-3)26-8-24-27(28(34-26)38-11-19-6-18(38)12-42-19)35-29(36(24)2)37-13-30(14-37)15-41-16-30/h4-5,7-10,18-19H,6,11-16H2,1-3H3/t18-,19-/m1/s1. The molecule has 1 spiro atoms. The highest BCUT2D eigenvalue weighted by molar-refractivity contribution is 5.92. The summed E-state index contributed by atoms with van der Waals surface area (Å²) in [7, 11) is 3.76. The maximum Gasteiger partial charge on any atom is 0.206 e. The zero-order chi connectivity index (χ0) is 28.2. The molecule has 4 aliphatic heterocycles. The normalized spacial score (nSPS) is 22.4. The molecule has 0 unspecified atom stereocenters. The monoisotopic (exact) mass is 565 g/mol. The molecule has 0 radical (unpaired) electrons. The zero-order valence-corrected chi connectivity index (χ0v) is 23.8. The van der Waals surface area contributed by atoms with Crippen LogP contribution in [0, 0.1) is 12.3 Å². The average molecular weight is 566 g/mol. The van der Waals surface area contributed by atoms with Crippen molar-refractivity contribution in [3.05, 3.63) is 42.5 Å². The molecular weight excluding hydrogens is 534 g/mol. The van der Waals surface area contributed by atoms with Gasteiger partial charge in [0.1, 0.15) is 11.3 Å². The van der Waals surface area contributed by atoms with Crippen molar-refractivity contribution in [2.75, 3.05) is 56.4 Å². The maximum absolute atomic E-state index is 5.94. The third-order valence-electron chi connectivity index (χ3n) is 9.39. The van der Waals surface area contributed by atoms with E-state index in [1.807, 2.05) is 29.9 Å². The third-order valence-corrected chi connectivity index (χ3v) is 9.39. The molecule has 12 heteroatoms. The number of aromatic nitrogens is 7. The lowest BCUT2D eigenvalue weighted by Crippen LogP contribution is -2.66. The number of methoxy groups -OCH3 is 1. The third kappa shape index (κ3) is 3.39. The van der Waals surface area contributed by atoms with E-state index in [0.29, 0.717) is 11.5 Å². The van der Waals surface area contributed by atoms with Gasteiger partial charge in [-0.05, 0) is 25.5 Å². The summed E-state index contributed by atoms with van der Waals surface area (Å²) in [5.41, 5.74) is 5.65. The lowest BCUT2D eigenvalue weighted by molar-refractivity contribution is -0.127. The van der Waals surface area contributed by atoms with Crippen LogP contribution < -0.4 is 14.5 Å². The van der Waals surface area contributed by atoms with E-state index in [1.165, 1.54) is 0 Å². The molecule has 0 aromatic carbocycles. The van der Waals surface area contributed by atoms with Gasteiger partial charge in [0.25, 0.3) is 0 Å². The summed E-state index contributed by atoms with van der Waals surface area (Å²) in [4.78, 5) is 24.4. The molecule has 0 saturated carbocycles. The van der Waals surface area contributed by atoms with Crippen LogP contribution in [-0.4, -0.2) is 93.0 Å². The van der Waals surface area contributed by atoms with Crippen molar-refractivity contribution in [2.45, 2.75) is 25.5 Å². The average Bonchev–Trinajstić information content (AvgIpc) is 3.75. The van der Waals surface area contributed by atoms with Crippen LogP contribution in [0.1, 0.15) is 12.1 Å². The minimum atomic E-state index is 0.240. The second kappa shape index (κ2) is 8.62. The van der Waals surface area contributed by atoms with E-state index >= 15 is 0 Å². The smallest absolute Gasteiger partial charge is 0.206 e. The minimum Gasteiger partial charge on any atom is -0.496 e. The predicted octanol–water partition coefficient (Wildman–Crippen LogP) is 2.90. The number of pyridine rings is 3. The SMILES string of the molecule is COc1ccncc1-c1cc2c(cnn2-c2cc3c(nc(N4CC5(COC5)C4)n3C)c(N3C[C@H]4C[C@@H]3CO4)n2)c(C)n1. The molecule has 4 fully saturated rings. The van der Waals surface area contributed by atoms with Crippen molar-refractivity contribution in [3.63, 3.8) is 0 Å². The number of imidazole rings is 1. The largest absolute Gasteiger partial charge is 0.496 e. The van der Waals surface area contributed by atoms with Gasteiger partial charge in [0.15, 0.2) is 11.6 Å². The van der Waals surface area contributed by atoms with Crippen LogP contribution in [0.5, 0.6) is 5.75 Å². The quantitative estimate of drug-likeness (QED) is 0.316. The summed E-state index contributed by atoms with van der Waals surface area (Å²) >= 11 is 0. The van der Waals surface area contributed by atoms with E-state index in [-0.39, 0.29) is 6.10 Å². The summed E-state index contributed by atoms with van der Waals surface area (Å²) < 4.78 is 21.2. The van der Waals surface area contributed by atoms with Gasteiger partial charge < -0.3 is 28.6 Å². The van der Waals surface area contributed by atoms with Gasteiger partial charge in [-0.3, -0.25) is 9.97 Å². The number of fused-ring (bicyclic) bond motifs is 4. The number of morpholine rings is 1. The summed E-state index contributed by atoms with van der Waals surface area (Å²) in [5.74, 6) is 3.33. The van der Waals surface area contributed by atoms with Crippen LogP contribution in [0.25, 0.3) is 39.0 Å². The van der Waals surface area contributed by atoms with Gasteiger partial charge in [-0.1, -0.05) is 0 Å². The fourth-order valence-corrected chi connectivity index (χ4v) is 7.12. The van der Waals surface area contributed by atoms with Crippen LogP contribution in [0.2, 0.25) is 0 Å². The Morgan fingerprint density at radius 1 is 1.07 bits per heavy atom. The van der Waals surface area contributed by atoms with E-state index in [1.54, 1.807) is 19.5 Å². The fraction of sp³-hybridized carbons (Fsp3) is 0.433. The van der Waals surface area contributed by atoms with Gasteiger partial charge in [0.2, 0.25) is 5.95 Å². The van der Waals surface area contributed by atoms with E-state index in [0.717, 1.165) is 108 Å². The lowest BCUT2D eigenvalue weighted by atomic mass is 9.78. The van der Waals surface area contributed by atoms with Crippen molar-refractivity contribution in [2.24, 2.45) is 12.5 Å². The van der Waals surface area contributed by atoms with Gasteiger partial charge in [-0.15, -0.1) is 0 Å². The van der Waals surface area contributed by atoms with Gasteiger partial charge in [0, 0.05) is 56.2 Å². The summed E-state index contributed by atoms with van der Waals surface area (Å²) in [6.45, 7) is 7.17. The summed E-state index contributed by atoms with van der Waals surface area (Å²) in [5, 5.41) is 5.80. The molecular formula is C30H31N9O3. The van der Waals surface area contributed by atoms with Crippen LogP contribution in [0.3, 0.4) is 0 Å². The van der Waals surface area contributed by atoms with Crippen molar-refractivity contribution in [3.8, 4) is 22.8 Å². The van der Waals surface area contributed by atoms with E-state index in [4.69, 9.17) is 34.3 Å². The number of rotatable bonds is 5. The molecule has 9 heterocycles. The Kier molecular flexibility index (Phi) is 4.99. The van der Waals surface area contributed by atoms with Crippen LogP contribution >= 0.6 is 0 Å². The first-order chi connectivity index (χ1) is 20.5. The first kappa shape index (κ1) is 24.3. The van der Waals surface area contributed by atoms with Gasteiger partial charge in [-0.2, -0.15) is 5.10 Å². The van der Waals surface area contributed by atoms with Crippen LogP contribution in [0.4, 0.5) is 11.8 Å². The predicted molar refractivity (Wildman–Crippen MR) is 156 cm³/mol. The number of anilines is 2. The van der Waals surface area contributed by atoms with Crippen molar-refractivity contribution >= 4 is 33.7 Å². The van der Waals surface area contributed by atoms with Gasteiger partial charge in [-0.25, -0.2) is 14.6 Å². The van der Waals surface area contributed by atoms with E-state index < -0.39 is 0 Å². The zero-order valence-electron chi connectivity index (χ0n) is 23.8. The number of aryl methyl sites for hydroxylation is 2. The van der Waals surface area contributed by atoms with Gasteiger partial charge in [0.05, 0.1) is 73.0 Å². The molecule has 2 bridgehead atoms. The molecule has 9 rings (SSSR count). The molecule has 0 amide bonds. The number of ether oxygens (including phenoxy) is 3. The molecule has 5 aromatic rings. The molecule has 4 saturated heterocycles. The topological polar surface area (TPSA) is 108 Å². The maximum atomic E-state index is 5.94. The minimum absolute atomic E-state index is 0.240. The Morgan fingerprint density at radius 2 is 1.95 bits per heavy atom. The van der Waals surface area contributed by atoms with Crippen molar-refractivity contribution < 1.29 is 14.2 Å². The summed E-state index contributed by atoms with van der Waals surface area (Å²) in [6.07, 6.45) is 6.63. The molecule has 4 aliphatic rings. The van der Waals surface area contributed by atoms with Crippen molar-refractivity contribution in [1.82, 2.24) is 34.3 Å². The molecule has 214 valence electrons. The fourth-order valence-electron chi connectivity index (χ4n) is 7.12. The highest BCUT2D eigenvalue weighted by Crippen LogP contribution is 2.42. The molecule has 42 heavy (non-hydrogen) atoms. The number of hydrogen-bond donors (Lipinski definition) is 0. The Balaban J connectivity index is 1.21. The Morgan fingerprint density at radius 3 is 2.69 bits per heavy atom.